The van der Waals surface area contributed by atoms with Crippen molar-refractivity contribution in [1.29, 1.82) is 0 Å². The third-order valence-corrected chi connectivity index (χ3v) is 4.26. The molecule has 0 saturated carbocycles. The summed E-state index contributed by atoms with van der Waals surface area (Å²) >= 11 is 0. The predicted octanol–water partition coefficient (Wildman–Crippen LogP) is -0.583. The number of aliphatic hydroxyl groups is 4. The van der Waals surface area contributed by atoms with E-state index in [0.717, 1.165) is 18.2 Å². The quantitative estimate of drug-likeness (QED) is 0.0552. The van der Waals surface area contributed by atoms with Crippen LogP contribution in [-0.2, 0) is 38.1 Å². The minimum Gasteiger partial charge on any atom is -0.481 e. The molecule has 2 rings (SSSR count). The first-order chi connectivity index (χ1) is 21.9. The second-order valence-corrected chi connectivity index (χ2v) is 7.99. The van der Waals surface area contributed by atoms with Crippen LogP contribution in [0, 0.1) is 0 Å². The Morgan fingerprint density at radius 2 is 0.891 bits per heavy atom. The molecule has 18 nitrogen and oxygen atoms in total. The van der Waals surface area contributed by atoms with Gasteiger partial charge < -0.3 is 59.8 Å². The number of esters is 2. The Morgan fingerprint density at radius 3 is 1.13 bits per heavy atom. The van der Waals surface area contributed by atoms with Gasteiger partial charge in [-0.05, 0) is 31.0 Å². The van der Waals surface area contributed by atoms with Crippen LogP contribution in [0.5, 0.6) is 0 Å². The molecule has 1 aliphatic rings. The summed E-state index contributed by atoms with van der Waals surface area (Å²) in [6.07, 6.45) is 3.19. The molecule has 0 fully saturated rings. The first-order valence-corrected chi connectivity index (χ1v) is 13.5. The third kappa shape index (κ3) is 35.9. The SMILES string of the molecule is O=C(O)CCCCC(=O)O.O=C(O)c1cccc(C(=O)O)c1.O=C1C=CC(=O)O1.OCCOCCO.OCCOCCOCCO. The highest BCUT2D eigenvalue weighted by Gasteiger charge is 2.10. The third-order valence-electron chi connectivity index (χ3n) is 4.26. The number of unbranched alkanes of at least 4 members (excludes halogenated alkanes) is 1. The summed E-state index contributed by atoms with van der Waals surface area (Å²) in [4.78, 5) is 60.4. The minimum atomic E-state index is -1.13. The zero-order chi connectivity index (χ0) is 35.6. The fourth-order valence-electron chi connectivity index (χ4n) is 2.32. The van der Waals surface area contributed by atoms with Crippen molar-refractivity contribution in [2.24, 2.45) is 0 Å². The average Bonchev–Trinajstić information content (AvgIpc) is 3.40. The minimum absolute atomic E-state index is 0.0186. The molecule has 0 atom stereocenters. The lowest BCUT2D eigenvalue weighted by atomic mass is 10.1. The van der Waals surface area contributed by atoms with E-state index in [4.69, 9.17) is 50.3 Å². The number of ether oxygens (including phenoxy) is 4. The second kappa shape index (κ2) is 33.6. The van der Waals surface area contributed by atoms with E-state index in [1.165, 1.54) is 18.2 Å². The lowest BCUT2D eigenvalue weighted by Gasteiger charge is -2.01. The van der Waals surface area contributed by atoms with Crippen molar-refractivity contribution in [3.8, 4) is 0 Å². The van der Waals surface area contributed by atoms with Gasteiger partial charge >= 0.3 is 35.8 Å². The molecule has 46 heavy (non-hydrogen) atoms. The molecule has 1 aliphatic heterocycles. The van der Waals surface area contributed by atoms with Crippen LogP contribution in [0.15, 0.2) is 36.4 Å². The fourth-order valence-corrected chi connectivity index (χ4v) is 2.32. The number of cyclic esters (lactones) is 2. The van der Waals surface area contributed by atoms with Gasteiger partial charge in [0.25, 0.3) is 0 Å². The highest BCUT2D eigenvalue weighted by Crippen LogP contribution is 2.04. The lowest BCUT2D eigenvalue weighted by Crippen LogP contribution is -2.09. The number of aromatic carboxylic acids is 2. The highest BCUT2D eigenvalue weighted by atomic mass is 16.6. The number of carboxylic acid groups (broad SMARTS) is 4. The maximum Gasteiger partial charge on any atom is 0.338 e. The molecule has 0 aliphatic carbocycles. The Balaban J connectivity index is -0.000000510. The molecule has 8 N–H and O–H groups in total. The van der Waals surface area contributed by atoms with Gasteiger partial charge in [-0.3, -0.25) is 9.59 Å². The molecule has 1 heterocycles. The summed E-state index contributed by atoms with van der Waals surface area (Å²) in [5.74, 6) is -5.15. The Hall–Kier alpha value is -4.30. The number of aliphatic hydroxyl groups excluding tert-OH is 4. The maximum absolute atomic E-state index is 10.4. The first kappa shape index (κ1) is 46.1. The van der Waals surface area contributed by atoms with Crippen molar-refractivity contribution in [1.82, 2.24) is 0 Å². The topological polar surface area (TPSA) is 301 Å². The van der Waals surface area contributed by atoms with E-state index >= 15 is 0 Å². The molecule has 1 aromatic carbocycles. The zero-order valence-corrected chi connectivity index (χ0v) is 25.0. The Bertz CT molecular complexity index is 950. The van der Waals surface area contributed by atoms with E-state index in [9.17, 15) is 28.8 Å². The lowest BCUT2D eigenvalue weighted by molar-refractivity contribution is -0.150. The summed E-state index contributed by atoms with van der Waals surface area (Å²) in [6, 6.07) is 5.20. The Labute approximate surface area is 264 Å². The molecule has 0 bridgehead atoms. The van der Waals surface area contributed by atoms with Crippen molar-refractivity contribution in [2.75, 3.05) is 66.1 Å². The molecule has 0 spiro atoms. The van der Waals surface area contributed by atoms with Crippen molar-refractivity contribution < 1.29 is 88.6 Å². The van der Waals surface area contributed by atoms with Crippen molar-refractivity contribution in [2.45, 2.75) is 25.7 Å². The maximum atomic E-state index is 10.4. The number of benzene rings is 1. The van der Waals surface area contributed by atoms with Crippen molar-refractivity contribution in [3.05, 3.63) is 47.5 Å². The average molecular weight is 667 g/mol. The number of carbonyl (C=O) groups is 6. The predicted molar refractivity (Wildman–Crippen MR) is 155 cm³/mol. The summed E-state index contributed by atoms with van der Waals surface area (Å²) < 4.78 is 18.3. The molecule has 0 aromatic heterocycles. The Kier molecular flexibility index (Phi) is 33.7. The van der Waals surface area contributed by atoms with Crippen molar-refractivity contribution in [3.63, 3.8) is 0 Å². The van der Waals surface area contributed by atoms with Crippen LogP contribution in [0.4, 0.5) is 0 Å². The second-order valence-electron chi connectivity index (χ2n) is 7.99. The van der Waals surface area contributed by atoms with Gasteiger partial charge in [0.15, 0.2) is 0 Å². The number of rotatable bonds is 18. The Morgan fingerprint density at radius 1 is 0.565 bits per heavy atom. The van der Waals surface area contributed by atoms with E-state index in [-0.39, 0.29) is 50.4 Å². The number of carboxylic acids is 4. The number of hydrogen-bond acceptors (Lipinski definition) is 14. The summed E-state index contributed by atoms with van der Waals surface area (Å²) in [5, 5.41) is 66.0. The van der Waals surface area contributed by atoms with Gasteiger partial charge in [0, 0.05) is 25.0 Å². The molecule has 0 radical (unpaired) electrons. The molecule has 1 aromatic rings. The summed E-state index contributed by atoms with van der Waals surface area (Å²) in [5.41, 5.74) is -0.0372. The van der Waals surface area contributed by atoms with Gasteiger partial charge in [-0.1, -0.05) is 6.07 Å². The van der Waals surface area contributed by atoms with Crippen LogP contribution in [0.25, 0.3) is 0 Å². The van der Waals surface area contributed by atoms with Crippen LogP contribution in [-0.4, -0.2) is 143 Å². The van der Waals surface area contributed by atoms with Gasteiger partial charge in [0.1, 0.15) is 0 Å². The van der Waals surface area contributed by atoms with E-state index in [1.54, 1.807) is 0 Å². The molecular formula is C28H42O18. The highest BCUT2D eigenvalue weighted by molar-refractivity contribution is 6.04. The van der Waals surface area contributed by atoms with Crippen LogP contribution in [0.2, 0.25) is 0 Å². The number of hydrogen-bond donors (Lipinski definition) is 8. The monoisotopic (exact) mass is 666 g/mol. The van der Waals surface area contributed by atoms with Crippen LogP contribution in [0.3, 0.4) is 0 Å². The number of aliphatic carboxylic acids is 2. The van der Waals surface area contributed by atoms with E-state index in [0.29, 0.717) is 52.5 Å². The van der Waals surface area contributed by atoms with Gasteiger partial charge in [0.2, 0.25) is 0 Å². The normalized spacial score (nSPS) is 10.8. The zero-order valence-electron chi connectivity index (χ0n) is 25.0. The summed E-state index contributed by atoms with van der Waals surface area (Å²) in [7, 11) is 0. The molecular weight excluding hydrogens is 624 g/mol. The molecule has 0 saturated heterocycles. The van der Waals surface area contributed by atoms with Gasteiger partial charge in [0.05, 0.1) is 77.2 Å². The fraction of sp³-hybridized carbons (Fsp3) is 0.500. The van der Waals surface area contributed by atoms with Crippen LogP contribution in [0.1, 0.15) is 46.4 Å². The summed E-state index contributed by atoms with van der Waals surface area (Å²) in [6.45, 7) is 2.42. The number of carbonyl (C=O) groups excluding carboxylic acids is 2. The van der Waals surface area contributed by atoms with Gasteiger partial charge in [-0.2, -0.15) is 0 Å². The largest absolute Gasteiger partial charge is 0.481 e. The van der Waals surface area contributed by atoms with Gasteiger partial charge in [-0.25, -0.2) is 19.2 Å². The molecule has 0 unspecified atom stereocenters. The molecule has 262 valence electrons. The first-order valence-electron chi connectivity index (χ1n) is 13.5. The van der Waals surface area contributed by atoms with E-state index in [1.807, 2.05) is 0 Å². The molecule has 18 heteroatoms. The smallest absolute Gasteiger partial charge is 0.338 e. The van der Waals surface area contributed by atoms with Crippen molar-refractivity contribution >= 4 is 35.8 Å². The van der Waals surface area contributed by atoms with E-state index < -0.39 is 35.8 Å². The van der Waals surface area contributed by atoms with E-state index in [2.05, 4.69) is 9.47 Å². The van der Waals surface area contributed by atoms with Gasteiger partial charge in [-0.15, -0.1) is 0 Å². The van der Waals surface area contributed by atoms with Crippen LogP contribution >= 0.6 is 0 Å². The standard InChI is InChI=1S/C8H6O4.C6H14O4.C6H10O4.C4H2O3.C4H10O3/c9-7(10)5-2-1-3-6(4-5)8(11)12;7-1-3-9-5-6-10-4-2-8;7-5(8)3-1-2-4-6(9)10;5-3-1-2-4(6)7-3;5-1-3-7-4-2-6/h1-4H,(H,9,10)(H,11,12);7-8H,1-6H2;1-4H2,(H,7,8)(H,9,10);1-2H;5-6H,1-4H2. The van der Waals surface area contributed by atoms with Crippen LogP contribution < -0.4 is 0 Å². The molecule has 0 amide bonds.